The van der Waals surface area contributed by atoms with Crippen LogP contribution in [-0.2, 0) is 4.74 Å². The zero-order valence-corrected chi connectivity index (χ0v) is 8.47. The van der Waals surface area contributed by atoms with Gasteiger partial charge in [-0.15, -0.1) is 0 Å². The van der Waals surface area contributed by atoms with Crippen LogP contribution in [0, 0.1) is 11.8 Å². The van der Waals surface area contributed by atoms with Gasteiger partial charge in [-0.2, -0.15) is 0 Å². The molecular weight excluding hydrogens is 150 g/mol. The summed E-state index contributed by atoms with van der Waals surface area (Å²) in [6.07, 6.45) is 1.70. The van der Waals surface area contributed by atoms with E-state index in [1.807, 2.05) is 0 Å². The lowest BCUT2D eigenvalue weighted by molar-refractivity contribution is 0.0396. The van der Waals surface area contributed by atoms with E-state index in [9.17, 15) is 0 Å². The van der Waals surface area contributed by atoms with Gasteiger partial charge in [0.2, 0.25) is 0 Å². The predicted octanol–water partition coefficient (Wildman–Crippen LogP) is 1.66. The second kappa shape index (κ2) is 4.83. The third-order valence-corrected chi connectivity index (χ3v) is 2.33. The monoisotopic (exact) mass is 171 g/mol. The quantitative estimate of drug-likeness (QED) is 0.697. The van der Waals surface area contributed by atoms with Crippen LogP contribution in [0.1, 0.15) is 27.2 Å². The van der Waals surface area contributed by atoms with Gasteiger partial charge in [0.25, 0.3) is 0 Å². The summed E-state index contributed by atoms with van der Waals surface area (Å²) in [5.74, 6) is 1.55. The van der Waals surface area contributed by atoms with Gasteiger partial charge in [-0.25, -0.2) is 0 Å². The topological polar surface area (TPSA) is 21.3 Å². The van der Waals surface area contributed by atoms with Gasteiger partial charge in [-0.1, -0.05) is 6.92 Å². The van der Waals surface area contributed by atoms with Gasteiger partial charge in [0.15, 0.2) is 0 Å². The van der Waals surface area contributed by atoms with Crippen LogP contribution in [0.4, 0.5) is 0 Å². The maximum atomic E-state index is 5.59. The van der Waals surface area contributed by atoms with Crippen molar-refractivity contribution in [3.63, 3.8) is 0 Å². The molecule has 1 N–H and O–H groups in total. The summed E-state index contributed by atoms with van der Waals surface area (Å²) >= 11 is 0. The van der Waals surface area contributed by atoms with Crippen molar-refractivity contribution in [3.05, 3.63) is 0 Å². The van der Waals surface area contributed by atoms with E-state index in [0.717, 1.165) is 25.0 Å². The van der Waals surface area contributed by atoms with E-state index in [0.29, 0.717) is 6.10 Å². The SMILES string of the molecule is CC1CNCC(COC(C)C)C1. The van der Waals surface area contributed by atoms with Crippen LogP contribution in [0.2, 0.25) is 0 Å². The molecule has 1 saturated heterocycles. The Bertz CT molecular complexity index is 125. The highest BCUT2D eigenvalue weighted by atomic mass is 16.5. The van der Waals surface area contributed by atoms with Crippen LogP contribution in [0.5, 0.6) is 0 Å². The fourth-order valence-corrected chi connectivity index (χ4v) is 1.73. The third-order valence-electron chi connectivity index (χ3n) is 2.33. The van der Waals surface area contributed by atoms with Crippen LogP contribution in [0.15, 0.2) is 0 Å². The number of rotatable bonds is 3. The molecule has 0 aliphatic carbocycles. The Morgan fingerprint density at radius 2 is 2.17 bits per heavy atom. The van der Waals surface area contributed by atoms with Crippen molar-refractivity contribution in [2.24, 2.45) is 11.8 Å². The average molecular weight is 171 g/mol. The minimum absolute atomic E-state index is 0.377. The van der Waals surface area contributed by atoms with Gasteiger partial charge >= 0.3 is 0 Å². The molecule has 0 bridgehead atoms. The molecule has 12 heavy (non-hydrogen) atoms. The van der Waals surface area contributed by atoms with E-state index >= 15 is 0 Å². The van der Waals surface area contributed by atoms with Gasteiger partial charge < -0.3 is 10.1 Å². The molecule has 2 unspecified atom stereocenters. The van der Waals surface area contributed by atoms with Gasteiger partial charge in [0, 0.05) is 6.54 Å². The van der Waals surface area contributed by atoms with Crippen molar-refractivity contribution in [2.45, 2.75) is 33.3 Å². The van der Waals surface area contributed by atoms with E-state index < -0.39 is 0 Å². The van der Waals surface area contributed by atoms with Crippen molar-refractivity contribution in [3.8, 4) is 0 Å². The lowest BCUT2D eigenvalue weighted by atomic mass is 9.92. The average Bonchev–Trinajstić information content (AvgIpc) is 2.01. The first-order chi connectivity index (χ1) is 5.68. The molecule has 2 atom stereocenters. The molecule has 2 heteroatoms. The summed E-state index contributed by atoms with van der Waals surface area (Å²) in [4.78, 5) is 0. The molecule has 2 nitrogen and oxygen atoms in total. The lowest BCUT2D eigenvalue weighted by Crippen LogP contribution is -2.37. The molecule has 0 aromatic heterocycles. The van der Waals surface area contributed by atoms with Crippen molar-refractivity contribution in [2.75, 3.05) is 19.7 Å². The number of nitrogens with one attached hydrogen (secondary N) is 1. The lowest BCUT2D eigenvalue weighted by Gasteiger charge is -2.28. The molecule has 0 radical (unpaired) electrons. The van der Waals surface area contributed by atoms with Gasteiger partial charge in [0.1, 0.15) is 0 Å². The molecule has 1 heterocycles. The van der Waals surface area contributed by atoms with Crippen molar-refractivity contribution < 1.29 is 4.74 Å². The number of ether oxygens (including phenoxy) is 1. The molecule has 0 aromatic carbocycles. The Labute approximate surface area is 75.7 Å². The molecule has 1 aliphatic heterocycles. The maximum Gasteiger partial charge on any atom is 0.0519 e. The minimum atomic E-state index is 0.377. The van der Waals surface area contributed by atoms with Crippen LogP contribution in [0.3, 0.4) is 0 Å². The molecule has 72 valence electrons. The second-order valence-electron chi connectivity index (χ2n) is 4.25. The molecule has 0 spiro atoms. The smallest absolute Gasteiger partial charge is 0.0519 e. The first-order valence-electron chi connectivity index (χ1n) is 5.00. The van der Waals surface area contributed by atoms with E-state index in [4.69, 9.17) is 4.74 Å². The summed E-state index contributed by atoms with van der Waals surface area (Å²) in [7, 11) is 0. The van der Waals surface area contributed by atoms with E-state index in [2.05, 4.69) is 26.1 Å². The van der Waals surface area contributed by atoms with Crippen molar-refractivity contribution in [1.82, 2.24) is 5.32 Å². The predicted molar refractivity (Wildman–Crippen MR) is 51.2 cm³/mol. The van der Waals surface area contributed by atoms with Gasteiger partial charge in [0.05, 0.1) is 12.7 Å². The summed E-state index contributed by atoms with van der Waals surface area (Å²) < 4.78 is 5.59. The highest BCUT2D eigenvalue weighted by Crippen LogP contribution is 2.16. The molecule has 1 aliphatic rings. The summed E-state index contributed by atoms with van der Waals surface area (Å²) in [6.45, 7) is 9.73. The Morgan fingerprint density at radius 1 is 1.42 bits per heavy atom. The summed E-state index contributed by atoms with van der Waals surface area (Å²) in [6, 6.07) is 0. The Morgan fingerprint density at radius 3 is 2.75 bits per heavy atom. The first kappa shape index (κ1) is 10.0. The van der Waals surface area contributed by atoms with Gasteiger partial charge in [-0.05, 0) is 38.6 Å². The molecule has 1 fully saturated rings. The molecular formula is C10H21NO. The standard InChI is InChI=1S/C10H21NO/c1-8(2)12-7-10-4-9(3)5-11-6-10/h8-11H,4-7H2,1-3H3. The highest BCUT2D eigenvalue weighted by Gasteiger charge is 2.18. The van der Waals surface area contributed by atoms with Crippen molar-refractivity contribution in [1.29, 1.82) is 0 Å². The van der Waals surface area contributed by atoms with Gasteiger partial charge in [-0.3, -0.25) is 0 Å². The second-order valence-corrected chi connectivity index (χ2v) is 4.25. The fourth-order valence-electron chi connectivity index (χ4n) is 1.73. The number of hydrogen-bond acceptors (Lipinski definition) is 2. The summed E-state index contributed by atoms with van der Waals surface area (Å²) in [5, 5.41) is 3.43. The molecule has 0 amide bonds. The van der Waals surface area contributed by atoms with E-state index in [-0.39, 0.29) is 0 Å². The zero-order chi connectivity index (χ0) is 8.97. The zero-order valence-electron chi connectivity index (χ0n) is 8.47. The van der Waals surface area contributed by atoms with Crippen molar-refractivity contribution >= 4 is 0 Å². The molecule has 0 aromatic rings. The Kier molecular flexibility index (Phi) is 4.02. The van der Waals surface area contributed by atoms with E-state index in [1.165, 1.54) is 13.0 Å². The van der Waals surface area contributed by atoms with Crippen LogP contribution >= 0.6 is 0 Å². The molecule has 0 saturated carbocycles. The Hall–Kier alpha value is -0.0800. The normalized spacial score (nSPS) is 31.0. The highest BCUT2D eigenvalue weighted by molar-refractivity contribution is 4.73. The first-order valence-corrected chi connectivity index (χ1v) is 5.00. The maximum absolute atomic E-state index is 5.59. The van der Waals surface area contributed by atoms with Crippen LogP contribution < -0.4 is 5.32 Å². The van der Waals surface area contributed by atoms with Crippen LogP contribution in [0.25, 0.3) is 0 Å². The third kappa shape index (κ3) is 3.55. The largest absolute Gasteiger partial charge is 0.378 e. The summed E-state index contributed by atoms with van der Waals surface area (Å²) in [5.41, 5.74) is 0. The Balaban J connectivity index is 2.14. The fraction of sp³-hybridized carbons (Fsp3) is 1.00. The van der Waals surface area contributed by atoms with E-state index in [1.54, 1.807) is 0 Å². The number of piperidine rings is 1. The minimum Gasteiger partial charge on any atom is -0.378 e. The van der Waals surface area contributed by atoms with Crippen LogP contribution in [-0.4, -0.2) is 25.8 Å². The number of hydrogen-bond donors (Lipinski definition) is 1. The molecule has 1 rings (SSSR count).